The monoisotopic (exact) mass is 512 g/mol. The smallest absolute Gasteiger partial charge is 0.174 e. The van der Waals surface area contributed by atoms with Crippen LogP contribution in [0, 0.1) is 13.8 Å². The van der Waals surface area contributed by atoms with Gasteiger partial charge in [0.15, 0.2) is 11.6 Å². The Labute approximate surface area is 225 Å². The summed E-state index contributed by atoms with van der Waals surface area (Å²) in [4.78, 5) is 7.48. The second-order valence-corrected chi connectivity index (χ2v) is 9.44. The quantitative estimate of drug-likeness (QED) is 0.356. The van der Waals surface area contributed by atoms with Gasteiger partial charge in [-0.25, -0.2) is 4.98 Å². The zero-order valence-electron chi connectivity index (χ0n) is 22.2. The molecule has 4 aromatic rings. The summed E-state index contributed by atoms with van der Waals surface area (Å²) in [5.41, 5.74) is 5.55. The van der Waals surface area contributed by atoms with Crippen molar-refractivity contribution in [1.82, 2.24) is 9.55 Å². The highest BCUT2D eigenvalue weighted by molar-refractivity contribution is 5.79. The van der Waals surface area contributed by atoms with Crippen LogP contribution in [-0.2, 0) is 20.8 Å². The van der Waals surface area contributed by atoms with E-state index in [4.69, 9.17) is 19.2 Å². The van der Waals surface area contributed by atoms with E-state index in [0.717, 1.165) is 34.4 Å². The molecule has 2 heterocycles. The molecule has 0 saturated heterocycles. The minimum atomic E-state index is 0.543. The van der Waals surface area contributed by atoms with Crippen molar-refractivity contribution < 1.29 is 14.2 Å². The Balaban J connectivity index is 1.65. The molecule has 0 bridgehead atoms. The fraction of sp³-hybridized carbons (Fsp3) is 0.323. The van der Waals surface area contributed by atoms with Crippen LogP contribution in [0.1, 0.15) is 11.1 Å². The number of ether oxygens (including phenoxy) is 3. The summed E-state index contributed by atoms with van der Waals surface area (Å²) in [7, 11) is 0. The number of hydrogen-bond donors (Lipinski definition) is 1. The third-order valence-electron chi connectivity index (χ3n) is 6.55. The van der Waals surface area contributed by atoms with Crippen LogP contribution in [0.5, 0.6) is 0 Å². The lowest BCUT2D eigenvalue weighted by Crippen LogP contribution is -2.27. The number of anilines is 4. The molecule has 1 aliphatic rings. The molecule has 0 saturated carbocycles. The third kappa shape index (κ3) is 6.42. The van der Waals surface area contributed by atoms with E-state index in [2.05, 4.69) is 89.3 Å². The van der Waals surface area contributed by atoms with Crippen molar-refractivity contribution >= 4 is 23.0 Å². The zero-order valence-corrected chi connectivity index (χ0v) is 22.2. The van der Waals surface area contributed by atoms with Crippen LogP contribution in [0.2, 0.25) is 0 Å². The van der Waals surface area contributed by atoms with E-state index in [1.54, 1.807) is 0 Å². The standard InChI is InChI=1S/C31H36N4O3/c1-24-8-12-27(13-9-24)32-29-31-34(28-14-10-25(2)11-15-28)16-18-36-20-22-38-23-21-37-19-17-35(31)30(33-29)26-6-4-3-5-7-26/h3-15,32H,16-23H2,1-2H3. The van der Waals surface area contributed by atoms with Crippen LogP contribution in [0.25, 0.3) is 11.4 Å². The first-order chi connectivity index (χ1) is 18.7. The molecule has 1 aliphatic heterocycles. The van der Waals surface area contributed by atoms with E-state index in [0.29, 0.717) is 52.7 Å². The van der Waals surface area contributed by atoms with Crippen LogP contribution in [0.4, 0.5) is 23.0 Å². The summed E-state index contributed by atoms with van der Waals surface area (Å²) in [6.07, 6.45) is 0. The number of aromatic nitrogens is 2. The van der Waals surface area contributed by atoms with Crippen molar-refractivity contribution in [2.45, 2.75) is 20.4 Å². The normalized spacial score (nSPS) is 15.5. The third-order valence-corrected chi connectivity index (χ3v) is 6.55. The predicted molar refractivity (Wildman–Crippen MR) is 153 cm³/mol. The summed E-state index contributed by atoms with van der Waals surface area (Å²) in [5, 5.41) is 3.62. The van der Waals surface area contributed by atoms with Gasteiger partial charge in [0, 0.05) is 30.0 Å². The van der Waals surface area contributed by atoms with Gasteiger partial charge < -0.3 is 29.0 Å². The summed E-state index contributed by atoms with van der Waals surface area (Å²) >= 11 is 0. The van der Waals surface area contributed by atoms with Crippen LogP contribution in [0.15, 0.2) is 78.9 Å². The highest BCUT2D eigenvalue weighted by atomic mass is 16.5. The highest BCUT2D eigenvalue weighted by Gasteiger charge is 2.25. The van der Waals surface area contributed by atoms with Gasteiger partial charge in [-0.3, -0.25) is 0 Å². The van der Waals surface area contributed by atoms with Crippen molar-refractivity contribution in [3.05, 3.63) is 90.0 Å². The molecule has 38 heavy (non-hydrogen) atoms. The molecule has 5 rings (SSSR count). The molecule has 0 radical (unpaired) electrons. The average Bonchev–Trinajstić information content (AvgIpc) is 3.29. The molecule has 0 fully saturated rings. The molecule has 1 aromatic heterocycles. The molecule has 1 N–H and O–H groups in total. The SMILES string of the molecule is Cc1ccc(Nc2nc(-c3ccccc3)n3c2N(c2ccc(C)cc2)CCOCCOCCOCC3)cc1. The number of imidazole rings is 1. The van der Waals surface area contributed by atoms with E-state index in [-0.39, 0.29) is 0 Å². The van der Waals surface area contributed by atoms with E-state index in [1.165, 1.54) is 11.1 Å². The second-order valence-electron chi connectivity index (χ2n) is 9.44. The van der Waals surface area contributed by atoms with Gasteiger partial charge in [-0.05, 0) is 38.1 Å². The Morgan fingerprint density at radius 1 is 0.658 bits per heavy atom. The fourth-order valence-corrected chi connectivity index (χ4v) is 4.53. The molecule has 0 unspecified atom stereocenters. The highest BCUT2D eigenvalue weighted by Crippen LogP contribution is 2.38. The van der Waals surface area contributed by atoms with Gasteiger partial charge in [-0.2, -0.15) is 0 Å². The van der Waals surface area contributed by atoms with Gasteiger partial charge in [-0.15, -0.1) is 0 Å². The van der Waals surface area contributed by atoms with Crippen molar-refractivity contribution in [2.75, 3.05) is 56.4 Å². The molecular formula is C31H36N4O3. The second kappa shape index (κ2) is 12.7. The molecule has 0 amide bonds. The molecule has 0 aliphatic carbocycles. The van der Waals surface area contributed by atoms with E-state index >= 15 is 0 Å². The molecule has 7 heteroatoms. The van der Waals surface area contributed by atoms with Gasteiger partial charge >= 0.3 is 0 Å². The van der Waals surface area contributed by atoms with E-state index < -0.39 is 0 Å². The summed E-state index contributed by atoms with van der Waals surface area (Å²) < 4.78 is 19.9. The average molecular weight is 513 g/mol. The molecule has 3 aromatic carbocycles. The van der Waals surface area contributed by atoms with Crippen LogP contribution in [-0.4, -0.2) is 55.7 Å². The maximum atomic E-state index is 5.97. The lowest BCUT2D eigenvalue weighted by molar-refractivity contribution is 0.0139. The number of nitrogens with one attached hydrogen (secondary N) is 1. The van der Waals surface area contributed by atoms with Crippen LogP contribution in [0.3, 0.4) is 0 Å². The largest absolute Gasteiger partial charge is 0.377 e. The first-order valence-corrected chi connectivity index (χ1v) is 13.3. The zero-order chi connectivity index (χ0) is 26.2. The van der Waals surface area contributed by atoms with Crippen molar-refractivity contribution in [1.29, 1.82) is 0 Å². The van der Waals surface area contributed by atoms with Gasteiger partial charge in [0.05, 0.1) is 39.6 Å². The van der Waals surface area contributed by atoms with Crippen molar-refractivity contribution in [3.63, 3.8) is 0 Å². The van der Waals surface area contributed by atoms with Crippen LogP contribution < -0.4 is 10.2 Å². The van der Waals surface area contributed by atoms with E-state index in [9.17, 15) is 0 Å². The number of hydrogen-bond acceptors (Lipinski definition) is 6. The Morgan fingerprint density at radius 2 is 1.24 bits per heavy atom. The molecule has 0 atom stereocenters. The number of nitrogens with zero attached hydrogens (tertiary/aromatic N) is 3. The fourth-order valence-electron chi connectivity index (χ4n) is 4.53. The Kier molecular flexibility index (Phi) is 8.71. The number of rotatable bonds is 4. The minimum absolute atomic E-state index is 0.543. The van der Waals surface area contributed by atoms with Gasteiger partial charge in [-0.1, -0.05) is 65.7 Å². The maximum absolute atomic E-state index is 5.97. The van der Waals surface area contributed by atoms with Gasteiger partial charge in [0.2, 0.25) is 0 Å². The topological polar surface area (TPSA) is 60.8 Å². The summed E-state index contributed by atoms with van der Waals surface area (Å²) in [6.45, 7) is 8.82. The molecule has 0 spiro atoms. The molecule has 198 valence electrons. The first-order valence-electron chi connectivity index (χ1n) is 13.3. The lowest BCUT2D eigenvalue weighted by Gasteiger charge is -2.28. The lowest BCUT2D eigenvalue weighted by atomic mass is 10.2. The Hall–Kier alpha value is -3.65. The number of benzene rings is 3. The Morgan fingerprint density at radius 3 is 1.89 bits per heavy atom. The number of aryl methyl sites for hydroxylation is 2. The van der Waals surface area contributed by atoms with Gasteiger partial charge in [0.1, 0.15) is 5.82 Å². The number of fused-ring (bicyclic) bond motifs is 1. The minimum Gasteiger partial charge on any atom is -0.377 e. The van der Waals surface area contributed by atoms with Crippen molar-refractivity contribution in [2.24, 2.45) is 0 Å². The first kappa shape index (κ1) is 26.0. The maximum Gasteiger partial charge on any atom is 0.174 e. The van der Waals surface area contributed by atoms with Crippen molar-refractivity contribution in [3.8, 4) is 11.4 Å². The van der Waals surface area contributed by atoms with Gasteiger partial charge in [0.25, 0.3) is 0 Å². The van der Waals surface area contributed by atoms with Crippen LogP contribution >= 0.6 is 0 Å². The molecular weight excluding hydrogens is 476 g/mol. The molecule has 7 nitrogen and oxygen atoms in total. The summed E-state index contributed by atoms with van der Waals surface area (Å²) in [5.74, 6) is 2.66. The summed E-state index contributed by atoms with van der Waals surface area (Å²) in [6, 6.07) is 27.3. The Bertz CT molecular complexity index is 1290. The van der Waals surface area contributed by atoms with E-state index in [1.807, 2.05) is 18.2 Å². The predicted octanol–water partition coefficient (Wildman–Crippen LogP) is 6.11.